The Morgan fingerprint density at radius 3 is 2.50 bits per heavy atom. The van der Waals surface area contributed by atoms with E-state index in [0.717, 1.165) is 5.56 Å². The highest BCUT2D eigenvalue weighted by Crippen LogP contribution is 2.27. The first-order valence-electron chi connectivity index (χ1n) is 6.82. The first kappa shape index (κ1) is 14.5. The minimum absolute atomic E-state index is 0.312. The van der Waals surface area contributed by atoms with Gasteiger partial charge in [0.1, 0.15) is 12.1 Å². The molecule has 2 rings (SSSR count). The molecule has 0 radical (unpaired) electrons. The van der Waals surface area contributed by atoms with Gasteiger partial charge in [0.15, 0.2) is 0 Å². The highest BCUT2D eigenvalue weighted by atomic mass is 16.5. The van der Waals surface area contributed by atoms with Crippen LogP contribution in [0.3, 0.4) is 0 Å². The van der Waals surface area contributed by atoms with Crippen LogP contribution in [0.5, 0.6) is 0 Å². The molecular weight excluding hydrogens is 258 g/mol. The maximum Gasteiger partial charge on any atom is 0.323 e. The zero-order valence-corrected chi connectivity index (χ0v) is 11.5. The molecule has 1 fully saturated rings. The van der Waals surface area contributed by atoms with Crippen LogP contribution in [0.2, 0.25) is 0 Å². The standard InChI is InChI=1S/C15H19NO4/c1-2-20-15(19)13-9-8-12(14(17)18)16(13)10-11-6-4-3-5-7-11/h3-7,12-13H,2,8-10H2,1H3,(H,17,18)/t12-,13-/m0/s1. The Morgan fingerprint density at radius 2 is 1.90 bits per heavy atom. The van der Waals surface area contributed by atoms with Gasteiger partial charge in [-0.1, -0.05) is 30.3 Å². The molecular formula is C15H19NO4. The number of benzene rings is 1. The van der Waals surface area contributed by atoms with Gasteiger partial charge >= 0.3 is 11.9 Å². The third kappa shape index (κ3) is 3.17. The van der Waals surface area contributed by atoms with Gasteiger partial charge in [-0.25, -0.2) is 0 Å². The number of carboxylic acid groups (broad SMARTS) is 1. The molecule has 0 aromatic heterocycles. The van der Waals surface area contributed by atoms with Gasteiger partial charge in [0.25, 0.3) is 0 Å². The van der Waals surface area contributed by atoms with Crippen molar-refractivity contribution in [1.82, 2.24) is 4.90 Å². The van der Waals surface area contributed by atoms with E-state index in [9.17, 15) is 14.7 Å². The summed E-state index contributed by atoms with van der Waals surface area (Å²) in [6.07, 6.45) is 1.01. The van der Waals surface area contributed by atoms with Gasteiger partial charge in [-0.15, -0.1) is 0 Å². The summed E-state index contributed by atoms with van der Waals surface area (Å²) >= 11 is 0. The average Bonchev–Trinajstić information content (AvgIpc) is 2.84. The summed E-state index contributed by atoms with van der Waals surface area (Å²) in [5, 5.41) is 9.30. The number of nitrogens with zero attached hydrogens (tertiary/aromatic N) is 1. The number of rotatable bonds is 5. The van der Waals surface area contributed by atoms with Crippen molar-refractivity contribution in [3.8, 4) is 0 Å². The van der Waals surface area contributed by atoms with E-state index >= 15 is 0 Å². The summed E-state index contributed by atoms with van der Waals surface area (Å²) < 4.78 is 5.05. The normalized spacial score (nSPS) is 22.6. The lowest BCUT2D eigenvalue weighted by Crippen LogP contribution is -2.44. The van der Waals surface area contributed by atoms with E-state index in [-0.39, 0.29) is 5.97 Å². The lowest BCUT2D eigenvalue weighted by Gasteiger charge is -2.26. The second-order valence-corrected chi connectivity index (χ2v) is 4.86. The molecule has 2 atom stereocenters. The number of hydrogen-bond donors (Lipinski definition) is 1. The number of carboxylic acids is 1. The Bertz CT molecular complexity index is 474. The van der Waals surface area contributed by atoms with Gasteiger partial charge in [0.05, 0.1) is 6.61 Å². The van der Waals surface area contributed by atoms with E-state index in [1.165, 1.54) is 0 Å². The van der Waals surface area contributed by atoms with Gasteiger partial charge in [0.2, 0.25) is 0 Å². The van der Waals surface area contributed by atoms with Crippen LogP contribution in [0.1, 0.15) is 25.3 Å². The van der Waals surface area contributed by atoms with E-state index in [4.69, 9.17) is 4.74 Å². The fourth-order valence-electron chi connectivity index (χ4n) is 2.64. The van der Waals surface area contributed by atoms with Crippen LogP contribution in [-0.2, 0) is 20.9 Å². The van der Waals surface area contributed by atoms with Crippen molar-refractivity contribution in [2.75, 3.05) is 6.61 Å². The quantitative estimate of drug-likeness (QED) is 0.829. The third-order valence-corrected chi connectivity index (χ3v) is 3.57. The average molecular weight is 277 g/mol. The molecule has 1 aromatic rings. The zero-order valence-electron chi connectivity index (χ0n) is 11.5. The summed E-state index contributed by atoms with van der Waals surface area (Å²) in [5.74, 6) is -1.21. The number of hydrogen-bond acceptors (Lipinski definition) is 4. The number of carbonyl (C=O) groups excluding carboxylic acids is 1. The van der Waals surface area contributed by atoms with E-state index in [1.807, 2.05) is 30.3 Å². The molecule has 0 spiro atoms. The van der Waals surface area contributed by atoms with E-state index in [2.05, 4.69) is 0 Å². The predicted molar refractivity (Wildman–Crippen MR) is 73.1 cm³/mol. The molecule has 1 aliphatic rings. The molecule has 1 saturated heterocycles. The molecule has 5 nitrogen and oxygen atoms in total. The predicted octanol–water partition coefficient (Wildman–Crippen LogP) is 1.67. The van der Waals surface area contributed by atoms with Crippen LogP contribution in [0.4, 0.5) is 0 Å². The van der Waals surface area contributed by atoms with Crippen LogP contribution in [0, 0.1) is 0 Å². The molecule has 0 unspecified atom stereocenters. The first-order valence-corrected chi connectivity index (χ1v) is 6.82. The summed E-state index contributed by atoms with van der Waals surface area (Å²) in [6.45, 7) is 2.51. The van der Waals surface area contributed by atoms with Gasteiger partial charge in [-0.2, -0.15) is 0 Å². The maximum absolute atomic E-state index is 12.0. The topological polar surface area (TPSA) is 66.8 Å². The summed E-state index contributed by atoms with van der Waals surface area (Å²) in [7, 11) is 0. The molecule has 1 heterocycles. The smallest absolute Gasteiger partial charge is 0.323 e. The molecule has 0 saturated carbocycles. The number of carbonyl (C=O) groups is 2. The van der Waals surface area contributed by atoms with Crippen LogP contribution in [-0.4, -0.2) is 40.6 Å². The van der Waals surface area contributed by atoms with Crippen LogP contribution < -0.4 is 0 Å². The lowest BCUT2D eigenvalue weighted by molar-refractivity contribution is -0.151. The SMILES string of the molecule is CCOC(=O)[C@@H]1CC[C@@H](C(=O)O)N1Cc1ccccc1. The monoisotopic (exact) mass is 277 g/mol. The van der Waals surface area contributed by atoms with Gasteiger partial charge in [-0.05, 0) is 25.3 Å². The molecule has 20 heavy (non-hydrogen) atoms. The molecule has 5 heteroatoms. The van der Waals surface area contributed by atoms with Crippen molar-refractivity contribution in [2.24, 2.45) is 0 Å². The molecule has 1 N–H and O–H groups in total. The minimum Gasteiger partial charge on any atom is -0.480 e. The largest absolute Gasteiger partial charge is 0.480 e. The molecule has 108 valence electrons. The van der Waals surface area contributed by atoms with Crippen molar-refractivity contribution in [2.45, 2.75) is 38.4 Å². The first-order chi connectivity index (χ1) is 9.63. The van der Waals surface area contributed by atoms with Gasteiger partial charge in [-0.3, -0.25) is 14.5 Å². The molecule has 1 aromatic carbocycles. The molecule has 0 amide bonds. The second kappa shape index (κ2) is 6.52. The van der Waals surface area contributed by atoms with E-state index in [0.29, 0.717) is 26.0 Å². The number of ether oxygens (including phenoxy) is 1. The Kier molecular flexibility index (Phi) is 4.74. The van der Waals surface area contributed by atoms with Crippen molar-refractivity contribution in [1.29, 1.82) is 0 Å². The number of aliphatic carboxylic acids is 1. The van der Waals surface area contributed by atoms with Crippen LogP contribution in [0.25, 0.3) is 0 Å². The summed E-state index contributed by atoms with van der Waals surface area (Å²) in [4.78, 5) is 25.0. The minimum atomic E-state index is -0.882. The summed E-state index contributed by atoms with van der Waals surface area (Å²) in [5.41, 5.74) is 0.995. The molecule has 0 aliphatic carbocycles. The zero-order chi connectivity index (χ0) is 14.5. The lowest BCUT2D eigenvalue weighted by atomic mass is 10.2. The fourth-order valence-corrected chi connectivity index (χ4v) is 2.64. The Balaban J connectivity index is 2.16. The number of likely N-dealkylation sites (tertiary alicyclic amines) is 1. The Morgan fingerprint density at radius 1 is 1.25 bits per heavy atom. The summed E-state index contributed by atoms with van der Waals surface area (Å²) in [6, 6.07) is 8.49. The van der Waals surface area contributed by atoms with Gasteiger partial charge < -0.3 is 9.84 Å². The van der Waals surface area contributed by atoms with Crippen molar-refractivity contribution in [3.05, 3.63) is 35.9 Å². The van der Waals surface area contributed by atoms with Gasteiger partial charge in [0, 0.05) is 6.54 Å². The maximum atomic E-state index is 12.0. The second-order valence-electron chi connectivity index (χ2n) is 4.86. The fraction of sp³-hybridized carbons (Fsp3) is 0.467. The Hall–Kier alpha value is -1.88. The van der Waals surface area contributed by atoms with Crippen molar-refractivity contribution < 1.29 is 19.4 Å². The number of esters is 1. The molecule has 1 aliphatic heterocycles. The van der Waals surface area contributed by atoms with E-state index < -0.39 is 18.1 Å². The third-order valence-electron chi connectivity index (χ3n) is 3.57. The van der Waals surface area contributed by atoms with Crippen molar-refractivity contribution >= 4 is 11.9 Å². The molecule has 0 bridgehead atoms. The highest BCUT2D eigenvalue weighted by molar-refractivity contribution is 5.80. The van der Waals surface area contributed by atoms with Crippen LogP contribution in [0.15, 0.2) is 30.3 Å². The van der Waals surface area contributed by atoms with E-state index in [1.54, 1.807) is 11.8 Å². The highest BCUT2D eigenvalue weighted by Gasteiger charge is 2.42. The Labute approximate surface area is 118 Å². The van der Waals surface area contributed by atoms with Crippen molar-refractivity contribution in [3.63, 3.8) is 0 Å². The van der Waals surface area contributed by atoms with Crippen LogP contribution >= 0.6 is 0 Å².